The first kappa shape index (κ1) is 7.17. The van der Waals surface area contributed by atoms with Gasteiger partial charge in [0.1, 0.15) is 7.32 Å². The molecule has 0 fully saturated rings. The molecule has 4 heteroatoms. The number of alkyl halides is 1. The van der Waals surface area contributed by atoms with Crippen LogP contribution in [0.5, 0.6) is 0 Å². The smallest absolute Gasteiger partial charge is 0.172 e. The van der Waals surface area contributed by atoms with E-state index in [1.165, 1.54) is 0 Å². The Hall–Kier alpha value is 0.0600. The van der Waals surface area contributed by atoms with Gasteiger partial charge in [0.05, 0.1) is 5.88 Å². The summed E-state index contributed by atoms with van der Waals surface area (Å²) in [5, 5.41) is 0. The van der Waals surface area contributed by atoms with E-state index in [1.807, 2.05) is 6.92 Å². The molecule has 0 aliphatic rings. The molecule has 0 unspecified atom stereocenters. The molecule has 0 aromatic heterocycles. The normalized spacial score (nSPS) is 15.6. The first-order chi connectivity index (χ1) is 4.76. The number of hydrogen-bond donors (Lipinski definition) is 0. The van der Waals surface area contributed by atoms with Crippen LogP contribution in [0.3, 0.4) is 0 Å². The van der Waals surface area contributed by atoms with E-state index in [1.54, 1.807) is 0 Å². The summed E-state index contributed by atoms with van der Waals surface area (Å²) in [6.07, 6.45) is 0.636. The molecule has 0 saturated heterocycles. The summed E-state index contributed by atoms with van der Waals surface area (Å²) in [7, 11) is 0.155. The lowest BCUT2D eigenvalue weighted by molar-refractivity contribution is -0.117. The lowest BCUT2D eigenvalue weighted by atomic mass is 10.2. The summed E-state index contributed by atoms with van der Waals surface area (Å²) >= 11 is 5.29. The van der Waals surface area contributed by atoms with Gasteiger partial charge in [-0.2, -0.15) is 0 Å². The van der Waals surface area contributed by atoms with Gasteiger partial charge < -0.3 is 0 Å². The van der Waals surface area contributed by atoms with Crippen LogP contribution in [0.2, 0.25) is 0 Å². The van der Waals surface area contributed by atoms with Gasteiger partial charge in [-0.25, -0.2) is 0 Å². The Balaban J connectivity index is 3.93. The predicted octanol–water partition coefficient (Wildman–Crippen LogP) is 1.90. The summed E-state index contributed by atoms with van der Waals surface area (Å²) in [5.74, 6) is -0.0960. The van der Waals surface area contributed by atoms with Gasteiger partial charge in [0, 0.05) is 0 Å². The molecule has 0 aliphatic heterocycles. The van der Waals surface area contributed by atoms with Crippen LogP contribution in [0.1, 0.15) is 13.3 Å². The Labute approximate surface area is 63.2 Å². The maximum atomic E-state index is 10.8. The van der Waals surface area contributed by atoms with Crippen molar-refractivity contribution in [2.75, 3.05) is 5.88 Å². The van der Waals surface area contributed by atoms with E-state index < -0.39 is 0 Å². The van der Waals surface area contributed by atoms with Crippen molar-refractivity contribution in [2.24, 2.45) is 4.74 Å². The number of carbonyl (C=O) groups is 1. The van der Waals surface area contributed by atoms with Crippen LogP contribution in [-0.2, 0) is 4.79 Å². The molecule has 0 bridgehead atoms. The van der Waals surface area contributed by atoms with E-state index in [0.717, 1.165) is 0 Å². The maximum Gasteiger partial charge on any atom is 0.172 e. The fraction of sp³-hybridized carbons (Fsp3) is 0.800. The molecular weight excluding hydrogens is 156 g/mol. The fourth-order valence-electron chi connectivity index (χ4n) is 0.463. The topological polar surface area (TPSA) is 29.4 Å². The molecule has 0 aliphatic carbocycles. The van der Waals surface area contributed by atoms with Crippen molar-refractivity contribution < 1.29 is 4.79 Å². The number of halogens is 1. The van der Waals surface area contributed by atoms with Crippen LogP contribution in [-0.4, -0.2) is 19.0 Å². The zero-order valence-electron chi connectivity index (χ0n) is 6.17. The van der Waals surface area contributed by atoms with Crippen molar-refractivity contribution in [2.45, 2.75) is 19.4 Å². The van der Waals surface area contributed by atoms with Crippen LogP contribution >= 0.6 is 20.6 Å². The molecule has 0 aromatic rings. The summed E-state index contributed by atoms with van der Waals surface area (Å²) in [6, 6.07) is -0.364. The molecular formula is C5H9ClNOP. The lowest BCUT2D eigenvalue weighted by Gasteiger charge is -2.02. The van der Waals surface area contributed by atoms with Crippen molar-refractivity contribution in [3.05, 3.63) is 0 Å². The molecule has 2 nitrogen and oxygen atoms in total. The SMILES string of the molecule is [2H]P=N[C@@H](CC)C(=O)CCl. The Bertz CT molecular complexity index is 142. The lowest BCUT2D eigenvalue weighted by Crippen LogP contribution is -2.17. The number of Topliss-reactive ketones (excluding diaryl/α,β-unsaturated/α-hetero) is 1. The third kappa shape index (κ3) is 2.92. The first-order valence-corrected chi connectivity index (χ1v) is 3.62. The third-order valence-electron chi connectivity index (χ3n) is 1.03. The predicted molar refractivity (Wildman–Crippen MR) is 40.5 cm³/mol. The summed E-state index contributed by atoms with van der Waals surface area (Å²) in [5.41, 5.74) is 0. The standard InChI is InChI=1S/C5H9ClNOP/c1-2-4(7-9)5(8)3-6/h4,9H,2-3H2,1H3/t4-/m0/s1/i9D. The van der Waals surface area contributed by atoms with Crippen molar-refractivity contribution in [3.8, 4) is 0 Å². The van der Waals surface area contributed by atoms with E-state index in [-0.39, 0.29) is 26.7 Å². The molecule has 9 heavy (non-hydrogen) atoms. The van der Waals surface area contributed by atoms with Crippen molar-refractivity contribution in [3.63, 3.8) is 0 Å². The molecule has 0 aromatic carbocycles. The number of hydrogen-bond acceptors (Lipinski definition) is 2. The zero-order chi connectivity index (χ0) is 7.98. The molecule has 0 saturated carbocycles. The largest absolute Gasteiger partial charge is 0.296 e. The molecule has 0 N–H and O–H groups in total. The van der Waals surface area contributed by atoms with Gasteiger partial charge in [-0.15, -0.1) is 11.6 Å². The minimum absolute atomic E-state index is 0.00245. The van der Waals surface area contributed by atoms with Crippen LogP contribution < -0.4 is 0 Å². The summed E-state index contributed by atoms with van der Waals surface area (Å²) in [4.78, 5) is 10.8. The average molecular weight is 167 g/mol. The highest BCUT2D eigenvalue weighted by atomic mass is 35.5. The maximum absolute atomic E-state index is 10.8. The van der Waals surface area contributed by atoms with Gasteiger partial charge in [-0.1, -0.05) is 6.92 Å². The summed E-state index contributed by atoms with van der Waals surface area (Å²) in [6.45, 7) is 1.85. The highest BCUT2D eigenvalue weighted by Gasteiger charge is 2.11. The molecule has 0 spiro atoms. The zero-order valence-corrected chi connectivity index (χ0v) is 6.82. The van der Waals surface area contributed by atoms with E-state index in [9.17, 15) is 4.79 Å². The average Bonchev–Trinajstić information content (AvgIpc) is 1.99. The van der Waals surface area contributed by atoms with Gasteiger partial charge in [0.2, 0.25) is 0 Å². The van der Waals surface area contributed by atoms with E-state index >= 15 is 0 Å². The van der Waals surface area contributed by atoms with E-state index in [4.69, 9.17) is 12.9 Å². The Kier molecular flexibility index (Phi) is 3.90. The highest BCUT2D eigenvalue weighted by Crippen LogP contribution is 2.01. The minimum atomic E-state index is -0.364. The van der Waals surface area contributed by atoms with Gasteiger partial charge in [-0.05, 0) is 15.4 Å². The molecule has 1 atom stereocenters. The molecule has 0 heterocycles. The second kappa shape index (κ2) is 4.89. The third-order valence-corrected chi connectivity index (χ3v) is 1.57. The molecule has 0 radical (unpaired) electrons. The van der Waals surface area contributed by atoms with Gasteiger partial charge in [0.25, 0.3) is 0 Å². The molecule has 0 rings (SSSR count). The number of carbonyl (C=O) groups excluding carboxylic acids is 1. The van der Waals surface area contributed by atoms with E-state index in [2.05, 4.69) is 4.74 Å². The summed E-state index contributed by atoms with van der Waals surface area (Å²) < 4.78 is 10.4. The van der Waals surface area contributed by atoms with Crippen LogP contribution in [0.15, 0.2) is 4.74 Å². The van der Waals surface area contributed by atoms with Gasteiger partial charge in [0.15, 0.2) is 5.78 Å². The number of ketones is 1. The molecule has 0 amide bonds. The van der Waals surface area contributed by atoms with Crippen molar-refractivity contribution in [1.29, 1.82) is 1.28 Å². The van der Waals surface area contributed by atoms with Gasteiger partial charge in [-0.3, -0.25) is 9.54 Å². The quantitative estimate of drug-likeness (QED) is 0.463. The number of nitrogens with zero attached hydrogens (tertiary/aromatic N) is 1. The van der Waals surface area contributed by atoms with Crippen LogP contribution in [0.4, 0.5) is 0 Å². The monoisotopic (exact) mass is 166 g/mol. The first-order valence-electron chi connectivity index (χ1n) is 3.13. The minimum Gasteiger partial charge on any atom is -0.296 e. The van der Waals surface area contributed by atoms with Crippen molar-refractivity contribution in [1.82, 2.24) is 0 Å². The molecule has 52 valence electrons. The Morgan fingerprint density at radius 2 is 2.78 bits per heavy atom. The van der Waals surface area contributed by atoms with E-state index in [0.29, 0.717) is 6.42 Å². The number of rotatable bonds is 4. The Morgan fingerprint density at radius 1 is 2.11 bits per heavy atom. The fourth-order valence-corrected chi connectivity index (χ4v) is 0.933. The van der Waals surface area contributed by atoms with Gasteiger partial charge >= 0.3 is 0 Å². The van der Waals surface area contributed by atoms with Crippen LogP contribution in [0.25, 0.3) is 0 Å². The Morgan fingerprint density at radius 3 is 3.11 bits per heavy atom. The second-order valence-electron chi connectivity index (χ2n) is 1.64. The van der Waals surface area contributed by atoms with Crippen LogP contribution in [0, 0.1) is 0 Å². The highest BCUT2D eigenvalue weighted by molar-refractivity contribution is 7.04. The van der Waals surface area contributed by atoms with Crippen molar-refractivity contribution >= 4 is 26.4 Å². The second-order valence-corrected chi connectivity index (χ2v) is 2.14.